The number of sulfonamides is 1. The number of nitrogens with zero attached hydrogens (tertiary/aromatic N) is 1. The monoisotopic (exact) mass is 321 g/mol. The highest BCUT2D eigenvalue weighted by atomic mass is 32.2. The van der Waals surface area contributed by atoms with E-state index < -0.39 is 10.0 Å². The molecular formula is C15H19N3O3S. The molecule has 1 aliphatic heterocycles. The molecule has 7 heteroatoms. The number of hydrogen-bond donors (Lipinski definition) is 2. The van der Waals surface area contributed by atoms with E-state index in [0.29, 0.717) is 17.3 Å². The Morgan fingerprint density at radius 1 is 1.41 bits per heavy atom. The fourth-order valence-corrected chi connectivity index (χ4v) is 3.81. The maximum absolute atomic E-state index is 11.9. The molecule has 1 amide bonds. The van der Waals surface area contributed by atoms with Crippen LogP contribution in [0.2, 0.25) is 0 Å². The lowest BCUT2D eigenvalue weighted by Crippen LogP contribution is -2.34. The quantitative estimate of drug-likeness (QED) is 0.849. The Labute approximate surface area is 130 Å². The first-order valence-corrected chi connectivity index (χ1v) is 8.92. The van der Waals surface area contributed by atoms with Crippen molar-refractivity contribution in [1.82, 2.24) is 10.0 Å². The van der Waals surface area contributed by atoms with Crippen molar-refractivity contribution < 1.29 is 13.2 Å². The lowest BCUT2D eigenvalue weighted by atomic mass is 10.2. The summed E-state index contributed by atoms with van der Waals surface area (Å²) in [5.74, 6) is 0.889. The average Bonchev–Trinajstić information content (AvgIpc) is 3.27. The van der Waals surface area contributed by atoms with Gasteiger partial charge in [0.05, 0.1) is 11.4 Å². The number of benzene rings is 1. The van der Waals surface area contributed by atoms with Gasteiger partial charge in [-0.25, -0.2) is 8.42 Å². The molecular weight excluding hydrogens is 302 g/mol. The summed E-state index contributed by atoms with van der Waals surface area (Å²) in [5, 5.41) is 2.96. The van der Waals surface area contributed by atoms with E-state index in [1.165, 1.54) is 12.8 Å². The number of carbonyl (C=O) groups excluding carboxylic acids is 1. The summed E-state index contributed by atoms with van der Waals surface area (Å²) in [6, 6.07) is 6.91. The molecule has 0 spiro atoms. The van der Waals surface area contributed by atoms with Gasteiger partial charge >= 0.3 is 0 Å². The number of aliphatic imine (C=N–C) groups is 1. The number of hydrogen-bond acceptors (Lipinski definition) is 4. The molecule has 0 unspecified atom stereocenters. The van der Waals surface area contributed by atoms with Gasteiger partial charge in [0.1, 0.15) is 5.84 Å². The summed E-state index contributed by atoms with van der Waals surface area (Å²) >= 11 is 0. The summed E-state index contributed by atoms with van der Waals surface area (Å²) in [7, 11) is -3.51. The van der Waals surface area contributed by atoms with Crippen molar-refractivity contribution in [3.63, 3.8) is 0 Å². The largest absolute Gasteiger partial charge is 0.353 e. The molecule has 1 fully saturated rings. The number of rotatable bonds is 5. The van der Waals surface area contributed by atoms with E-state index in [4.69, 9.17) is 0 Å². The standard InChI is InChI=1S/C15H19N3O3S/c1-10(11-6-7-11)17-14(19)8-9-16-15-12-4-2-3-5-13(12)22(20,21)18-15/h2-5,10-11H,6-9H2,1H3,(H,16,18)(H,17,19)/t10-/m1/s1. The van der Waals surface area contributed by atoms with Crippen LogP contribution in [-0.4, -0.2) is 32.7 Å². The third kappa shape index (κ3) is 3.14. The van der Waals surface area contributed by atoms with Gasteiger partial charge in [0, 0.05) is 18.0 Å². The van der Waals surface area contributed by atoms with Crippen molar-refractivity contribution in [3.8, 4) is 0 Å². The van der Waals surface area contributed by atoms with Crippen LogP contribution in [0.1, 0.15) is 31.7 Å². The molecule has 0 saturated heterocycles. The van der Waals surface area contributed by atoms with Crippen molar-refractivity contribution in [3.05, 3.63) is 29.8 Å². The zero-order chi connectivity index (χ0) is 15.7. The molecule has 1 aliphatic carbocycles. The second-order valence-electron chi connectivity index (χ2n) is 5.78. The van der Waals surface area contributed by atoms with Gasteiger partial charge < -0.3 is 5.32 Å². The summed E-state index contributed by atoms with van der Waals surface area (Å²) in [4.78, 5) is 16.3. The van der Waals surface area contributed by atoms with Crippen molar-refractivity contribution >= 4 is 21.8 Å². The van der Waals surface area contributed by atoms with Crippen LogP contribution in [0.15, 0.2) is 34.2 Å². The van der Waals surface area contributed by atoms with E-state index in [1.807, 2.05) is 6.92 Å². The van der Waals surface area contributed by atoms with E-state index in [2.05, 4.69) is 15.0 Å². The molecule has 1 saturated carbocycles. The summed E-state index contributed by atoms with van der Waals surface area (Å²) in [6.45, 7) is 2.28. The van der Waals surface area contributed by atoms with Crippen molar-refractivity contribution in [2.45, 2.75) is 37.1 Å². The van der Waals surface area contributed by atoms with Crippen LogP contribution >= 0.6 is 0 Å². The van der Waals surface area contributed by atoms with Gasteiger partial charge in [-0.05, 0) is 37.8 Å². The average molecular weight is 321 g/mol. The maximum atomic E-state index is 11.9. The third-order valence-corrected chi connectivity index (χ3v) is 5.39. The molecule has 0 aromatic heterocycles. The Morgan fingerprint density at radius 3 is 2.86 bits per heavy atom. The summed E-state index contributed by atoms with van der Waals surface area (Å²) in [5.41, 5.74) is 0.564. The van der Waals surface area contributed by atoms with Gasteiger partial charge in [-0.3, -0.25) is 14.5 Å². The number of amidine groups is 1. The van der Waals surface area contributed by atoms with Gasteiger partial charge in [0.15, 0.2) is 0 Å². The molecule has 118 valence electrons. The highest BCUT2D eigenvalue weighted by Gasteiger charge is 2.30. The minimum absolute atomic E-state index is 0.0436. The normalized spacial score (nSPS) is 22.0. The van der Waals surface area contributed by atoms with E-state index in [-0.39, 0.29) is 29.8 Å². The maximum Gasteiger partial charge on any atom is 0.263 e. The van der Waals surface area contributed by atoms with Crippen LogP contribution in [-0.2, 0) is 14.8 Å². The Kier molecular flexibility index (Phi) is 3.90. The van der Waals surface area contributed by atoms with Crippen LogP contribution in [0, 0.1) is 5.92 Å². The van der Waals surface area contributed by atoms with Crippen LogP contribution in [0.4, 0.5) is 0 Å². The summed E-state index contributed by atoms with van der Waals surface area (Å²) < 4.78 is 26.3. The van der Waals surface area contributed by atoms with Crippen molar-refractivity contribution in [2.75, 3.05) is 6.54 Å². The fraction of sp³-hybridized carbons (Fsp3) is 0.467. The predicted molar refractivity (Wildman–Crippen MR) is 83.1 cm³/mol. The van der Waals surface area contributed by atoms with Gasteiger partial charge in [-0.2, -0.15) is 0 Å². The number of nitrogens with one attached hydrogen (secondary N) is 2. The topological polar surface area (TPSA) is 87.6 Å². The predicted octanol–water partition coefficient (Wildman–Crippen LogP) is 1.03. The van der Waals surface area contributed by atoms with Crippen LogP contribution in [0.3, 0.4) is 0 Å². The molecule has 1 atom stereocenters. The summed E-state index contributed by atoms with van der Waals surface area (Å²) in [6.07, 6.45) is 2.62. The molecule has 1 aromatic carbocycles. The Morgan fingerprint density at radius 2 is 2.14 bits per heavy atom. The van der Waals surface area contributed by atoms with Crippen LogP contribution < -0.4 is 10.0 Å². The van der Waals surface area contributed by atoms with E-state index in [0.717, 1.165) is 0 Å². The Bertz CT molecular complexity index is 723. The lowest BCUT2D eigenvalue weighted by molar-refractivity contribution is -0.121. The first kappa shape index (κ1) is 15.0. The highest BCUT2D eigenvalue weighted by Crippen LogP contribution is 2.32. The molecule has 22 heavy (non-hydrogen) atoms. The van der Waals surface area contributed by atoms with E-state index >= 15 is 0 Å². The smallest absolute Gasteiger partial charge is 0.263 e. The van der Waals surface area contributed by atoms with E-state index in [9.17, 15) is 13.2 Å². The third-order valence-electron chi connectivity index (χ3n) is 3.99. The molecule has 1 heterocycles. The van der Waals surface area contributed by atoms with Crippen molar-refractivity contribution in [1.29, 1.82) is 0 Å². The first-order valence-electron chi connectivity index (χ1n) is 7.43. The number of carbonyl (C=O) groups is 1. The molecule has 2 aliphatic rings. The molecule has 2 N–H and O–H groups in total. The SMILES string of the molecule is C[C@@H](NC(=O)CCN=C1NS(=O)(=O)c2ccccc21)C1CC1. The number of amides is 1. The minimum Gasteiger partial charge on any atom is -0.353 e. The first-order chi connectivity index (χ1) is 10.5. The second-order valence-corrected chi connectivity index (χ2v) is 7.43. The van der Waals surface area contributed by atoms with Gasteiger partial charge in [-0.1, -0.05) is 12.1 Å². The van der Waals surface area contributed by atoms with Gasteiger partial charge in [-0.15, -0.1) is 0 Å². The second kappa shape index (κ2) is 5.72. The van der Waals surface area contributed by atoms with Crippen molar-refractivity contribution in [2.24, 2.45) is 10.9 Å². The van der Waals surface area contributed by atoms with Crippen LogP contribution in [0.25, 0.3) is 0 Å². The fourth-order valence-electron chi connectivity index (χ4n) is 2.56. The molecule has 3 rings (SSSR count). The van der Waals surface area contributed by atoms with E-state index in [1.54, 1.807) is 24.3 Å². The lowest BCUT2D eigenvalue weighted by Gasteiger charge is -2.11. The number of fused-ring (bicyclic) bond motifs is 1. The van der Waals surface area contributed by atoms with Gasteiger partial charge in [0.2, 0.25) is 5.91 Å². The Balaban J connectivity index is 1.61. The molecule has 6 nitrogen and oxygen atoms in total. The van der Waals surface area contributed by atoms with Gasteiger partial charge in [0.25, 0.3) is 10.0 Å². The molecule has 0 radical (unpaired) electrons. The minimum atomic E-state index is -3.51. The Hall–Kier alpha value is -1.89. The molecule has 1 aromatic rings. The zero-order valence-corrected chi connectivity index (χ0v) is 13.2. The molecule has 0 bridgehead atoms. The highest BCUT2D eigenvalue weighted by molar-refractivity contribution is 7.90. The zero-order valence-electron chi connectivity index (χ0n) is 12.4. The van der Waals surface area contributed by atoms with Crippen LogP contribution in [0.5, 0.6) is 0 Å².